The van der Waals surface area contributed by atoms with Crippen LogP contribution in [0.4, 0.5) is 4.39 Å². The molecule has 0 spiro atoms. The predicted molar refractivity (Wildman–Crippen MR) is 102 cm³/mol. The second-order valence-corrected chi connectivity index (χ2v) is 6.28. The van der Waals surface area contributed by atoms with E-state index >= 15 is 0 Å². The number of carbonyl (C=O) groups excluding carboxylic acids is 1. The largest absolute Gasteiger partial charge is 0.341 e. The van der Waals surface area contributed by atoms with Gasteiger partial charge in [-0.25, -0.2) is 9.37 Å². The number of aromatic amines is 1. The highest BCUT2D eigenvalue weighted by atomic mass is 19.1. The van der Waals surface area contributed by atoms with Gasteiger partial charge in [-0.05, 0) is 49.4 Å². The standard InChI is InChI=1S/C20H16FN5O2/c1-12(19-23-15-4-2-3-5-16(15)24-19)22-20(28)17-10-11-18(27)26(25-17)14-8-6-13(21)7-9-14/h2-12H,1H3,(H,22,28)(H,23,24). The SMILES string of the molecule is CC(NC(=O)c1ccc(=O)n(-c2ccc(F)cc2)n1)c1nc2ccccc2[nH]1. The van der Waals surface area contributed by atoms with Crippen LogP contribution in [0.15, 0.2) is 65.5 Å². The Morgan fingerprint density at radius 1 is 1.11 bits per heavy atom. The Kier molecular flexibility index (Phi) is 4.44. The monoisotopic (exact) mass is 377 g/mol. The van der Waals surface area contributed by atoms with E-state index < -0.39 is 23.3 Å². The van der Waals surface area contributed by atoms with Crippen molar-refractivity contribution >= 4 is 16.9 Å². The summed E-state index contributed by atoms with van der Waals surface area (Å²) in [5.74, 6) is -0.268. The van der Waals surface area contributed by atoms with Gasteiger partial charge in [-0.1, -0.05) is 12.1 Å². The lowest BCUT2D eigenvalue weighted by molar-refractivity contribution is 0.0931. The molecule has 0 saturated carbocycles. The summed E-state index contributed by atoms with van der Waals surface area (Å²) < 4.78 is 14.2. The van der Waals surface area contributed by atoms with Crippen LogP contribution in [-0.2, 0) is 0 Å². The number of rotatable bonds is 4. The molecule has 1 unspecified atom stereocenters. The fraction of sp³-hybridized carbons (Fsp3) is 0.100. The second kappa shape index (κ2) is 7.07. The predicted octanol–water partition coefficient (Wildman–Crippen LogP) is 2.74. The van der Waals surface area contributed by atoms with Crippen molar-refractivity contribution in [1.29, 1.82) is 0 Å². The van der Waals surface area contributed by atoms with Gasteiger partial charge in [-0.3, -0.25) is 9.59 Å². The Bertz CT molecular complexity index is 1180. The normalized spacial score (nSPS) is 12.1. The molecule has 0 fully saturated rings. The fourth-order valence-electron chi connectivity index (χ4n) is 2.82. The van der Waals surface area contributed by atoms with Crippen LogP contribution in [0.2, 0.25) is 0 Å². The number of halogens is 1. The molecule has 0 aliphatic rings. The molecule has 2 heterocycles. The molecule has 4 rings (SSSR count). The number of amides is 1. The average molecular weight is 377 g/mol. The first-order valence-electron chi connectivity index (χ1n) is 8.63. The zero-order valence-electron chi connectivity index (χ0n) is 14.9. The van der Waals surface area contributed by atoms with Gasteiger partial charge < -0.3 is 10.3 Å². The van der Waals surface area contributed by atoms with Crippen LogP contribution in [0.25, 0.3) is 16.7 Å². The van der Waals surface area contributed by atoms with E-state index in [1.165, 1.54) is 36.4 Å². The van der Waals surface area contributed by atoms with Gasteiger partial charge in [0.15, 0.2) is 0 Å². The van der Waals surface area contributed by atoms with E-state index in [4.69, 9.17) is 0 Å². The number of carbonyl (C=O) groups is 1. The highest BCUT2D eigenvalue weighted by Crippen LogP contribution is 2.16. The Morgan fingerprint density at radius 2 is 1.86 bits per heavy atom. The smallest absolute Gasteiger partial charge is 0.272 e. The maximum Gasteiger partial charge on any atom is 0.272 e. The number of nitrogens with zero attached hydrogens (tertiary/aromatic N) is 3. The summed E-state index contributed by atoms with van der Waals surface area (Å²) in [6.45, 7) is 1.80. The molecule has 140 valence electrons. The van der Waals surface area contributed by atoms with Crippen molar-refractivity contribution in [2.24, 2.45) is 0 Å². The zero-order chi connectivity index (χ0) is 19.7. The lowest BCUT2D eigenvalue weighted by Gasteiger charge is -2.12. The Labute approximate surface area is 158 Å². The molecule has 0 saturated heterocycles. The molecule has 28 heavy (non-hydrogen) atoms. The van der Waals surface area contributed by atoms with E-state index in [1.807, 2.05) is 24.3 Å². The molecule has 4 aromatic rings. The number of nitrogens with one attached hydrogen (secondary N) is 2. The van der Waals surface area contributed by atoms with Crippen molar-refractivity contribution in [1.82, 2.24) is 25.1 Å². The van der Waals surface area contributed by atoms with Gasteiger partial charge in [-0.2, -0.15) is 9.78 Å². The first-order chi connectivity index (χ1) is 13.5. The topological polar surface area (TPSA) is 92.7 Å². The molecular weight excluding hydrogens is 361 g/mol. The number of hydrogen-bond acceptors (Lipinski definition) is 4. The molecule has 1 amide bonds. The summed E-state index contributed by atoms with van der Waals surface area (Å²) in [5, 5.41) is 6.91. The summed E-state index contributed by atoms with van der Waals surface area (Å²) in [5.41, 5.74) is 1.69. The highest BCUT2D eigenvalue weighted by Gasteiger charge is 2.17. The number of aromatic nitrogens is 4. The first-order valence-corrected chi connectivity index (χ1v) is 8.63. The lowest BCUT2D eigenvalue weighted by atomic mass is 10.3. The van der Waals surface area contributed by atoms with Crippen molar-refractivity contribution in [3.63, 3.8) is 0 Å². The molecule has 0 aliphatic heterocycles. The third-order valence-electron chi connectivity index (χ3n) is 4.27. The molecule has 1 atom stereocenters. The van der Waals surface area contributed by atoms with E-state index in [-0.39, 0.29) is 5.69 Å². The first kappa shape index (κ1) is 17.6. The number of imidazole rings is 1. The van der Waals surface area contributed by atoms with Crippen LogP contribution in [-0.4, -0.2) is 25.7 Å². The zero-order valence-corrected chi connectivity index (χ0v) is 14.9. The molecule has 0 aliphatic carbocycles. The summed E-state index contributed by atoms with van der Waals surface area (Å²) >= 11 is 0. The fourth-order valence-corrected chi connectivity index (χ4v) is 2.82. The van der Waals surface area contributed by atoms with Gasteiger partial charge in [0, 0.05) is 6.07 Å². The van der Waals surface area contributed by atoms with Gasteiger partial charge in [-0.15, -0.1) is 0 Å². The van der Waals surface area contributed by atoms with E-state index in [1.54, 1.807) is 6.92 Å². The van der Waals surface area contributed by atoms with Gasteiger partial charge in [0.05, 0.1) is 22.8 Å². The number of para-hydroxylation sites is 2. The van der Waals surface area contributed by atoms with Gasteiger partial charge in [0.25, 0.3) is 11.5 Å². The van der Waals surface area contributed by atoms with Gasteiger partial charge >= 0.3 is 0 Å². The maximum atomic E-state index is 13.1. The number of benzene rings is 2. The Morgan fingerprint density at radius 3 is 2.61 bits per heavy atom. The van der Waals surface area contributed by atoms with Crippen LogP contribution in [0.5, 0.6) is 0 Å². The second-order valence-electron chi connectivity index (χ2n) is 6.28. The third-order valence-corrected chi connectivity index (χ3v) is 4.27. The molecule has 7 nitrogen and oxygen atoms in total. The maximum absolute atomic E-state index is 13.1. The molecule has 2 aromatic carbocycles. The molecule has 2 N–H and O–H groups in total. The van der Waals surface area contributed by atoms with Crippen LogP contribution in [0, 0.1) is 5.82 Å². The molecule has 8 heteroatoms. The number of fused-ring (bicyclic) bond motifs is 1. The van der Waals surface area contributed by atoms with Crippen LogP contribution in [0.3, 0.4) is 0 Å². The molecule has 0 bridgehead atoms. The minimum absolute atomic E-state index is 0.0619. The average Bonchev–Trinajstić information content (AvgIpc) is 3.13. The summed E-state index contributed by atoms with van der Waals surface area (Å²) in [6, 6.07) is 15.1. The van der Waals surface area contributed by atoms with Gasteiger partial charge in [0.1, 0.15) is 17.3 Å². The van der Waals surface area contributed by atoms with Crippen molar-refractivity contribution in [3.05, 3.63) is 88.4 Å². The van der Waals surface area contributed by atoms with E-state index in [2.05, 4.69) is 20.4 Å². The minimum atomic E-state index is -0.455. The van der Waals surface area contributed by atoms with E-state index in [0.717, 1.165) is 15.7 Å². The summed E-state index contributed by atoms with van der Waals surface area (Å²) in [6.07, 6.45) is 0. The van der Waals surface area contributed by atoms with E-state index in [0.29, 0.717) is 11.5 Å². The number of H-pyrrole nitrogens is 1. The molecular formula is C20H16FN5O2. The summed E-state index contributed by atoms with van der Waals surface area (Å²) in [7, 11) is 0. The quantitative estimate of drug-likeness (QED) is 0.572. The lowest BCUT2D eigenvalue weighted by Crippen LogP contribution is -2.31. The van der Waals surface area contributed by atoms with Crippen LogP contribution >= 0.6 is 0 Å². The van der Waals surface area contributed by atoms with Crippen LogP contribution < -0.4 is 10.9 Å². The highest BCUT2D eigenvalue weighted by molar-refractivity contribution is 5.92. The summed E-state index contributed by atoms with van der Waals surface area (Å²) in [4.78, 5) is 32.3. The number of hydrogen-bond donors (Lipinski definition) is 2. The van der Waals surface area contributed by atoms with Crippen molar-refractivity contribution < 1.29 is 9.18 Å². The third kappa shape index (κ3) is 3.39. The molecule has 2 aromatic heterocycles. The van der Waals surface area contributed by atoms with Crippen molar-refractivity contribution in [2.45, 2.75) is 13.0 Å². The van der Waals surface area contributed by atoms with Crippen molar-refractivity contribution in [3.8, 4) is 5.69 Å². The van der Waals surface area contributed by atoms with Crippen LogP contribution in [0.1, 0.15) is 29.3 Å². The van der Waals surface area contributed by atoms with E-state index in [9.17, 15) is 14.0 Å². The minimum Gasteiger partial charge on any atom is -0.341 e. The van der Waals surface area contributed by atoms with Gasteiger partial charge in [0.2, 0.25) is 0 Å². The Balaban J connectivity index is 1.58. The Hall–Kier alpha value is -3.81. The molecule has 0 radical (unpaired) electrons. The van der Waals surface area contributed by atoms with Crippen molar-refractivity contribution in [2.75, 3.05) is 0 Å².